The topological polar surface area (TPSA) is 14.2 Å². The lowest BCUT2D eigenvalue weighted by Crippen LogP contribution is -2.05. The van der Waals surface area contributed by atoms with Crippen molar-refractivity contribution in [2.45, 2.75) is 46.1 Å². The highest BCUT2D eigenvalue weighted by Crippen LogP contribution is 2.41. The number of benzene rings is 2. The molecule has 2 aromatic carbocycles. The van der Waals surface area contributed by atoms with Gasteiger partial charge < -0.3 is 9.30 Å². The average molecular weight is 337 g/mol. The summed E-state index contributed by atoms with van der Waals surface area (Å²) < 4.78 is 23.4. The average Bonchev–Trinajstić information content (AvgIpc) is 2.75. The molecule has 25 heavy (non-hydrogen) atoms. The number of aromatic nitrogens is 1. The van der Waals surface area contributed by atoms with Crippen molar-refractivity contribution in [1.82, 2.24) is 4.57 Å². The van der Waals surface area contributed by atoms with E-state index in [-0.39, 0.29) is 5.82 Å². The first-order valence-electron chi connectivity index (χ1n) is 9.06. The van der Waals surface area contributed by atoms with Crippen molar-refractivity contribution in [2.75, 3.05) is 6.61 Å². The molecule has 0 amide bonds. The smallest absolute Gasteiger partial charge is 0.156 e. The first kappa shape index (κ1) is 16.2. The van der Waals surface area contributed by atoms with Crippen LogP contribution < -0.4 is 4.74 Å². The summed E-state index contributed by atoms with van der Waals surface area (Å²) in [4.78, 5) is 0. The maximum Gasteiger partial charge on any atom is 0.156 e. The third-order valence-corrected chi connectivity index (χ3v) is 5.19. The Hall–Kier alpha value is -2.29. The quantitative estimate of drug-likeness (QED) is 0.552. The van der Waals surface area contributed by atoms with E-state index >= 15 is 4.39 Å². The predicted octanol–water partition coefficient (Wildman–Crippen LogP) is 6.09. The van der Waals surface area contributed by atoms with Gasteiger partial charge in [-0.15, -0.1) is 0 Å². The van der Waals surface area contributed by atoms with Crippen molar-refractivity contribution in [3.63, 3.8) is 0 Å². The molecule has 1 aromatic heterocycles. The van der Waals surface area contributed by atoms with Gasteiger partial charge in [0.15, 0.2) is 5.82 Å². The molecule has 0 saturated carbocycles. The van der Waals surface area contributed by atoms with Gasteiger partial charge in [-0.3, -0.25) is 0 Å². The van der Waals surface area contributed by atoms with E-state index in [9.17, 15) is 0 Å². The largest absolute Gasteiger partial charge is 0.491 e. The number of rotatable bonds is 2. The van der Waals surface area contributed by atoms with Crippen LogP contribution >= 0.6 is 0 Å². The van der Waals surface area contributed by atoms with Crippen LogP contribution in [0.2, 0.25) is 0 Å². The van der Waals surface area contributed by atoms with Crippen molar-refractivity contribution in [3.05, 3.63) is 53.3 Å². The van der Waals surface area contributed by atoms with Gasteiger partial charge in [-0.1, -0.05) is 39.8 Å². The van der Waals surface area contributed by atoms with E-state index in [1.807, 2.05) is 18.2 Å². The molecule has 0 unspecified atom stereocenters. The highest BCUT2D eigenvalue weighted by molar-refractivity contribution is 5.90. The molecule has 130 valence electrons. The van der Waals surface area contributed by atoms with Gasteiger partial charge >= 0.3 is 0 Å². The van der Waals surface area contributed by atoms with Gasteiger partial charge in [-0.2, -0.15) is 0 Å². The van der Waals surface area contributed by atoms with Crippen LogP contribution in [-0.2, 0) is 6.54 Å². The van der Waals surface area contributed by atoms with Gasteiger partial charge in [0.2, 0.25) is 0 Å². The fourth-order valence-electron chi connectivity index (χ4n) is 3.65. The molecular formula is C22H24FNO. The zero-order chi connectivity index (χ0) is 17.7. The molecule has 4 rings (SSSR count). The molecule has 2 nitrogen and oxygen atoms in total. The molecule has 0 N–H and O–H groups in total. The molecule has 3 heteroatoms. The maximum absolute atomic E-state index is 15.4. The Morgan fingerprint density at radius 1 is 0.960 bits per heavy atom. The van der Waals surface area contributed by atoms with E-state index in [0.717, 1.165) is 16.8 Å². The Bertz CT molecular complexity index is 952. The van der Waals surface area contributed by atoms with Gasteiger partial charge in [-0.05, 0) is 47.2 Å². The van der Waals surface area contributed by atoms with Crippen LogP contribution in [0, 0.1) is 5.82 Å². The Morgan fingerprint density at radius 3 is 2.36 bits per heavy atom. The first-order valence-corrected chi connectivity index (χ1v) is 9.06. The summed E-state index contributed by atoms with van der Waals surface area (Å²) in [5, 5.41) is 0.710. The van der Waals surface area contributed by atoms with Crippen LogP contribution in [0.4, 0.5) is 4.39 Å². The normalized spacial score (nSPS) is 13.7. The number of ether oxygens (including phenoxy) is 1. The van der Waals surface area contributed by atoms with Crippen LogP contribution in [0.5, 0.6) is 5.75 Å². The highest BCUT2D eigenvalue weighted by atomic mass is 19.1. The predicted molar refractivity (Wildman–Crippen MR) is 101 cm³/mol. The zero-order valence-corrected chi connectivity index (χ0v) is 15.3. The SMILES string of the molecule is CC(C)c1ccc2c(c1)OCCn1c-2c(F)c2cc(C(C)C)ccc21. The van der Waals surface area contributed by atoms with E-state index < -0.39 is 0 Å². The number of hydrogen-bond donors (Lipinski definition) is 0. The second kappa shape index (κ2) is 5.91. The van der Waals surface area contributed by atoms with Gasteiger partial charge in [0, 0.05) is 10.9 Å². The molecule has 1 aliphatic heterocycles. The van der Waals surface area contributed by atoms with Crippen LogP contribution in [0.1, 0.15) is 50.7 Å². The molecule has 0 aliphatic carbocycles. The van der Waals surface area contributed by atoms with Crippen molar-refractivity contribution < 1.29 is 9.13 Å². The summed E-state index contributed by atoms with van der Waals surface area (Å²) in [5.41, 5.74) is 4.83. The summed E-state index contributed by atoms with van der Waals surface area (Å²) in [6.07, 6.45) is 0. The van der Waals surface area contributed by atoms with E-state index in [4.69, 9.17) is 4.74 Å². The van der Waals surface area contributed by atoms with Gasteiger partial charge in [0.25, 0.3) is 0 Å². The Labute approximate surface area is 148 Å². The minimum absolute atomic E-state index is 0.137. The monoisotopic (exact) mass is 337 g/mol. The second-order valence-corrected chi connectivity index (χ2v) is 7.50. The Balaban J connectivity index is 1.98. The minimum atomic E-state index is -0.137. The number of halogens is 1. The molecule has 0 bridgehead atoms. The van der Waals surface area contributed by atoms with Crippen molar-refractivity contribution >= 4 is 10.9 Å². The summed E-state index contributed by atoms with van der Waals surface area (Å²) in [7, 11) is 0. The molecule has 3 aromatic rings. The molecule has 0 radical (unpaired) electrons. The fourth-order valence-corrected chi connectivity index (χ4v) is 3.65. The third kappa shape index (κ3) is 2.53. The molecule has 0 spiro atoms. The summed E-state index contributed by atoms with van der Waals surface area (Å²) >= 11 is 0. The number of nitrogens with zero attached hydrogens (tertiary/aromatic N) is 1. The van der Waals surface area contributed by atoms with Crippen LogP contribution in [0.25, 0.3) is 22.2 Å². The highest BCUT2D eigenvalue weighted by Gasteiger charge is 2.24. The molecule has 0 saturated heterocycles. The lowest BCUT2D eigenvalue weighted by atomic mass is 9.99. The number of hydrogen-bond acceptors (Lipinski definition) is 1. The van der Waals surface area contributed by atoms with Crippen molar-refractivity contribution in [2.24, 2.45) is 0 Å². The van der Waals surface area contributed by atoms with Crippen LogP contribution in [-0.4, -0.2) is 11.2 Å². The molecular weight excluding hydrogens is 313 g/mol. The summed E-state index contributed by atoms with van der Waals surface area (Å²) in [6, 6.07) is 12.3. The van der Waals surface area contributed by atoms with Gasteiger partial charge in [-0.25, -0.2) is 4.39 Å². The van der Waals surface area contributed by atoms with Gasteiger partial charge in [0.05, 0.1) is 17.8 Å². The molecule has 2 heterocycles. The lowest BCUT2D eigenvalue weighted by Gasteiger charge is -2.11. The fraction of sp³-hybridized carbons (Fsp3) is 0.364. The van der Waals surface area contributed by atoms with E-state index in [2.05, 4.69) is 50.5 Å². The van der Waals surface area contributed by atoms with Gasteiger partial charge in [0.1, 0.15) is 12.4 Å². The Kier molecular flexibility index (Phi) is 3.82. The molecule has 0 fully saturated rings. The standard InChI is InChI=1S/C22H24FNO/c1-13(2)15-6-8-19-18(11-15)21(23)22-17-7-5-16(14(3)4)12-20(17)25-10-9-24(19)22/h5-8,11-14H,9-10H2,1-4H3. The van der Waals surface area contributed by atoms with Crippen LogP contribution in [0.15, 0.2) is 36.4 Å². The summed E-state index contributed by atoms with van der Waals surface area (Å²) in [5.74, 6) is 1.45. The van der Waals surface area contributed by atoms with Crippen molar-refractivity contribution in [1.29, 1.82) is 0 Å². The molecule has 1 aliphatic rings. The number of fused-ring (bicyclic) bond motifs is 5. The van der Waals surface area contributed by atoms with Crippen LogP contribution in [0.3, 0.4) is 0 Å². The first-order chi connectivity index (χ1) is 12.0. The van der Waals surface area contributed by atoms with E-state index in [0.29, 0.717) is 36.1 Å². The lowest BCUT2D eigenvalue weighted by molar-refractivity contribution is 0.308. The zero-order valence-electron chi connectivity index (χ0n) is 15.3. The summed E-state index contributed by atoms with van der Waals surface area (Å²) in [6.45, 7) is 9.79. The Morgan fingerprint density at radius 2 is 1.64 bits per heavy atom. The van der Waals surface area contributed by atoms with Crippen molar-refractivity contribution in [3.8, 4) is 17.0 Å². The minimum Gasteiger partial charge on any atom is -0.491 e. The second-order valence-electron chi connectivity index (χ2n) is 7.50. The van der Waals surface area contributed by atoms with E-state index in [1.165, 1.54) is 11.1 Å². The molecule has 0 atom stereocenters. The van der Waals surface area contributed by atoms with E-state index in [1.54, 1.807) is 0 Å². The third-order valence-electron chi connectivity index (χ3n) is 5.19. The maximum atomic E-state index is 15.4.